The third-order valence-electron chi connectivity index (χ3n) is 3.69. The summed E-state index contributed by atoms with van der Waals surface area (Å²) in [4.78, 5) is 24.4. The molecule has 1 N–H and O–H groups in total. The van der Waals surface area contributed by atoms with Gasteiger partial charge in [-0.3, -0.25) is 9.59 Å². The number of carbonyl (C=O) groups is 1. The molecule has 26 heavy (non-hydrogen) atoms. The Morgan fingerprint density at radius 1 is 1.00 bits per heavy atom. The summed E-state index contributed by atoms with van der Waals surface area (Å²) >= 11 is 11.8. The monoisotopic (exact) mass is 390 g/mol. The van der Waals surface area contributed by atoms with E-state index >= 15 is 0 Å². The Bertz CT molecular complexity index is 1020. The third-order valence-corrected chi connectivity index (χ3v) is 4.43. The van der Waals surface area contributed by atoms with E-state index in [1.165, 1.54) is 41.1 Å². The predicted octanol–water partition coefficient (Wildman–Crippen LogP) is 4.59. The second-order valence-corrected chi connectivity index (χ2v) is 6.41. The molecule has 0 saturated carbocycles. The molecule has 2 aromatic carbocycles. The minimum atomic E-state index is -0.392. The van der Waals surface area contributed by atoms with Crippen LogP contribution in [-0.2, 0) is 6.54 Å². The van der Waals surface area contributed by atoms with Crippen LogP contribution in [0.1, 0.15) is 15.9 Å². The van der Waals surface area contributed by atoms with Gasteiger partial charge in [0.05, 0.1) is 22.2 Å². The van der Waals surface area contributed by atoms with Gasteiger partial charge in [0.1, 0.15) is 5.82 Å². The first-order chi connectivity index (χ1) is 12.4. The molecule has 0 spiro atoms. The molecule has 0 fully saturated rings. The summed E-state index contributed by atoms with van der Waals surface area (Å²) in [6.07, 6.45) is 1.46. The van der Waals surface area contributed by atoms with Crippen LogP contribution in [0.25, 0.3) is 0 Å². The first-order valence-corrected chi connectivity index (χ1v) is 8.39. The summed E-state index contributed by atoms with van der Waals surface area (Å²) in [6, 6.07) is 13.3. The van der Waals surface area contributed by atoms with E-state index < -0.39 is 5.91 Å². The van der Waals surface area contributed by atoms with Crippen molar-refractivity contribution in [3.05, 3.63) is 98.1 Å². The molecule has 3 rings (SSSR count). The highest BCUT2D eigenvalue weighted by atomic mass is 35.5. The number of rotatable bonds is 4. The van der Waals surface area contributed by atoms with Crippen LogP contribution in [-0.4, -0.2) is 10.5 Å². The van der Waals surface area contributed by atoms with Crippen LogP contribution >= 0.6 is 23.2 Å². The lowest BCUT2D eigenvalue weighted by Gasteiger charge is -2.10. The van der Waals surface area contributed by atoms with Gasteiger partial charge in [0, 0.05) is 18.0 Å². The Morgan fingerprint density at radius 2 is 1.73 bits per heavy atom. The van der Waals surface area contributed by atoms with E-state index in [0.29, 0.717) is 21.3 Å². The minimum Gasteiger partial charge on any atom is -0.322 e. The number of amides is 1. The molecule has 132 valence electrons. The maximum absolute atomic E-state index is 13.0. The second kappa shape index (κ2) is 7.72. The zero-order chi connectivity index (χ0) is 18.7. The van der Waals surface area contributed by atoms with Crippen molar-refractivity contribution in [2.75, 3.05) is 5.32 Å². The average molecular weight is 391 g/mol. The van der Waals surface area contributed by atoms with Crippen molar-refractivity contribution < 1.29 is 9.18 Å². The van der Waals surface area contributed by atoms with E-state index in [4.69, 9.17) is 23.2 Å². The Labute approximate surface area is 158 Å². The standard InChI is InChI=1S/C19H13Cl2FN2O2/c20-16-7-6-15(9-17(16)21)23-19(26)13-3-8-18(25)24(11-13)10-12-1-4-14(22)5-2-12/h1-9,11H,10H2,(H,23,26). The zero-order valence-electron chi connectivity index (χ0n) is 13.4. The van der Waals surface area contributed by atoms with Crippen molar-refractivity contribution in [2.24, 2.45) is 0 Å². The molecular formula is C19H13Cl2FN2O2. The van der Waals surface area contributed by atoms with Gasteiger partial charge in [-0.25, -0.2) is 4.39 Å². The molecule has 0 aliphatic rings. The van der Waals surface area contributed by atoms with E-state index in [0.717, 1.165) is 5.56 Å². The van der Waals surface area contributed by atoms with Crippen LogP contribution < -0.4 is 10.9 Å². The normalized spacial score (nSPS) is 10.6. The largest absolute Gasteiger partial charge is 0.322 e. The molecule has 0 unspecified atom stereocenters. The number of hydrogen-bond donors (Lipinski definition) is 1. The maximum atomic E-state index is 13.0. The van der Waals surface area contributed by atoms with Crippen molar-refractivity contribution in [1.29, 1.82) is 0 Å². The number of pyridine rings is 1. The van der Waals surface area contributed by atoms with Crippen LogP contribution in [0.4, 0.5) is 10.1 Å². The molecule has 1 amide bonds. The number of nitrogens with one attached hydrogen (secondary N) is 1. The van der Waals surface area contributed by atoms with Gasteiger partial charge in [0.15, 0.2) is 0 Å². The van der Waals surface area contributed by atoms with E-state index in [2.05, 4.69) is 5.32 Å². The average Bonchev–Trinajstić information content (AvgIpc) is 2.62. The van der Waals surface area contributed by atoms with E-state index in [-0.39, 0.29) is 17.9 Å². The number of nitrogens with zero attached hydrogens (tertiary/aromatic N) is 1. The minimum absolute atomic E-state index is 0.229. The Kier molecular flexibility index (Phi) is 5.40. The summed E-state index contributed by atoms with van der Waals surface area (Å²) in [5.41, 5.74) is 1.27. The van der Waals surface area contributed by atoms with Gasteiger partial charge in [-0.1, -0.05) is 35.3 Å². The van der Waals surface area contributed by atoms with Crippen LogP contribution in [0.5, 0.6) is 0 Å². The molecule has 4 nitrogen and oxygen atoms in total. The maximum Gasteiger partial charge on any atom is 0.257 e. The molecule has 1 aromatic heterocycles. The van der Waals surface area contributed by atoms with Gasteiger partial charge in [-0.15, -0.1) is 0 Å². The summed E-state index contributed by atoms with van der Waals surface area (Å²) in [5, 5.41) is 3.41. The fraction of sp³-hybridized carbons (Fsp3) is 0.0526. The van der Waals surface area contributed by atoms with Gasteiger partial charge in [-0.2, -0.15) is 0 Å². The van der Waals surface area contributed by atoms with E-state index in [1.807, 2.05) is 0 Å². The molecule has 0 saturated heterocycles. The number of halogens is 3. The molecule has 0 atom stereocenters. The number of anilines is 1. The molecule has 0 aliphatic carbocycles. The van der Waals surface area contributed by atoms with Gasteiger partial charge < -0.3 is 9.88 Å². The molecular weight excluding hydrogens is 378 g/mol. The highest BCUT2D eigenvalue weighted by Gasteiger charge is 2.10. The zero-order valence-corrected chi connectivity index (χ0v) is 14.9. The molecule has 0 aliphatic heterocycles. The molecule has 0 radical (unpaired) electrons. The summed E-state index contributed by atoms with van der Waals surface area (Å²) < 4.78 is 14.4. The molecule has 1 heterocycles. The van der Waals surface area contributed by atoms with Crippen LogP contribution in [0.3, 0.4) is 0 Å². The predicted molar refractivity (Wildman–Crippen MR) is 101 cm³/mol. The summed E-state index contributed by atoms with van der Waals surface area (Å²) in [6.45, 7) is 0.229. The fourth-order valence-corrected chi connectivity index (χ4v) is 2.65. The smallest absolute Gasteiger partial charge is 0.257 e. The number of benzene rings is 2. The van der Waals surface area contributed by atoms with Gasteiger partial charge in [-0.05, 0) is 42.0 Å². The van der Waals surface area contributed by atoms with Gasteiger partial charge >= 0.3 is 0 Å². The Hall–Kier alpha value is -2.63. The fourth-order valence-electron chi connectivity index (χ4n) is 2.35. The van der Waals surface area contributed by atoms with E-state index in [9.17, 15) is 14.0 Å². The summed E-state index contributed by atoms with van der Waals surface area (Å²) in [7, 11) is 0. The molecule has 7 heteroatoms. The Morgan fingerprint density at radius 3 is 2.42 bits per heavy atom. The third kappa shape index (κ3) is 4.31. The first kappa shape index (κ1) is 18.2. The van der Waals surface area contributed by atoms with Crippen LogP contribution in [0.15, 0.2) is 65.6 Å². The number of carbonyl (C=O) groups excluding carboxylic acids is 1. The van der Waals surface area contributed by atoms with Crippen molar-refractivity contribution >= 4 is 34.8 Å². The quantitative estimate of drug-likeness (QED) is 0.707. The van der Waals surface area contributed by atoms with E-state index in [1.54, 1.807) is 24.3 Å². The van der Waals surface area contributed by atoms with Crippen molar-refractivity contribution in [3.8, 4) is 0 Å². The van der Waals surface area contributed by atoms with Gasteiger partial charge in [0.25, 0.3) is 11.5 Å². The number of hydrogen-bond acceptors (Lipinski definition) is 2. The first-order valence-electron chi connectivity index (χ1n) is 7.64. The van der Waals surface area contributed by atoms with Crippen molar-refractivity contribution in [3.63, 3.8) is 0 Å². The van der Waals surface area contributed by atoms with Crippen molar-refractivity contribution in [1.82, 2.24) is 4.57 Å². The molecule has 0 bridgehead atoms. The van der Waals surface area contributed by atoms with Gasteiger partial charge in [0.2, 0.25) is 0 Å². The second-order valence-electron chi connectivity index (χ2n) is 5.59. The highest BCUT2D eigenvalue weighted by Crippen LogP contribution is 2.25. The Balaban J connectivity index is 1.81. The number of aromatic nitrogens is 1. The van der Waals surface area contributed by atoms with Crippen molar-refractivity contribution in [2.45, 2.75) is 6.54 Å². The summed E-state index contributed by atoms with van der Waals surface area (Å²) in [5.74, 6) is -0.743. The highest BCUT2D eigenvalue weighted by molar-refractivity contribution is 6.42. The topological polar surface area (TPSA) is 51.1 Å². The SMILES string of the molecule is O=C(Nc1ccc(Cl)c(Cl)c1)c1ccc(=O)n(Cc2ccc(F)cc2)c1. The lowest BCUT2D eigenvalue weighted by Crippen LogP contribution is -2.22. The van der Waals surface area contributed by atoms with Crippen LogP contribution in [0, 0.1) is 5.82 Å². The lowest BCUT2D eigenvalue weighted by molar-refractivity contribution is 0.102. The lowest BCUT2D eigenvalue weighted by atomic mass is 10.2. The molecule has 3 aromatic rings. The van der Waals surface area contributed by atoms with Crippen LogP contribution in [0.2, 0.25) is 10.0 Å².